The second-order valence-corrected chi connectivity index (χ2v) is 8.59. The van der Waals surface area contributed by atoms with Crippen LogP contribution < -0.4 is 14.4 Å². The Labute approximate surface area is 213 Å². The molecule has 1 unspecified atom stereocenters. The number of ether oxygens (including phenoxy) is 3. The molecule has 1 atom stereocenters. The van der Waals surface area contributed by atoms with Gasteiger partial charge in [-0.25, -0.2) is 0 Å². The molecule has 1 amide bonds. The molecule has 0 aromatic heterocycles. The molecule has 2 aliphatic rings. The lowest BCUT2D eigenvalue weighted by Gasteiger charge is -2.25. The Morgan fingerprint density at radius 1 is 0.973 bits per heavy atom. The minimum absolute atomic E-state index is 0.0246. The number of hydrogen-bond acceptors (Lipinski definition) is 7. The molecule has 1 saturated heterocycles. The molecule has 2 aliphatic heterocycles. The quantitative estimate of drug-likeness (QED) is 0.235. The zero-order chi connectivity index (χ0) is 25.9. The number of aliphatic hydroxyl groups excluding tert-OH is 1. The Morgan fingerprint density at radius 2 is 1.68 bits per heavy atom. The Balaban J connectivity index is 1.57. The average Bonchev–Trinajstić information content (AvgIpc) is 3.19. The molecule has 37 heavy (non-hydrogen) atoms. The zero-order valence-electron chi connectivity index (χ0n) is 20.2. The highest BCUT2D eigenvalue weighted by Crippen LogP contribution is 2.43. The molecular weight excluding hydrogens is 474 g/mol. The Kier molecular flexibility index (Phi) is 6.64. The predicted molar refractivity (Wildman–Crippen MR) is 135 cm³/mol. The molecule has 0 bridgehead atoms. The first-order valence-corrected chi connectivity index (χ1v) is 12.0. The number of fused-ring (bicyclic) bond motifs is 1. The van der Waals surface area contributed by atoms with Crippen LogP contribution in [0.1, 0.15) is 29.7 Å². The van der Waals surface area contributed by atoms with Crippen molar-refractivity contribution in [1.29, 1.82) is 0 Å². The number of rotatable bonds is 6. The van der Waals surface area contributed by atoms with Gasteiger partial charge in [0.15, 0.2) is 11.5 Å². The second kappa shape index (κ2) is 10.2. The lowest BCUT2D eigenvalue weighted by molar-refractivity contribution is -0.142. The van der Waals surface area contributed by atoms with Gasteiger partial charge < -0.3 is 19.3 Å². The van der Waals surface area contributed by atoms with E-state index in [9.17, 15) is 19.5 Å². The molecule has 0 radical (unpaired) electrons. The Morgan fingerprint density at radius 3 is 2.38 bits per heavy atom. The van der Waals surface area contributed by atoms with E-state index in [1.807, 2.05) is 18.2 Å². The monoisotopic (exact) mass is 499 g/mol. The second-order valence-electron chi connectivity index (χ2n) is 8.59. The molecule has 1 fully saturated rings. The van der Waals surface area contributed by atoms with Crippen molar-refractivity contribution in [1.82, 2.24) is 0 Å². The molecular formula is C29H25NO7. The fraction of sp³-hybridized carbons (Fsp3) is 0.207. The van der Waals surface area contributed by atoms with Crippen molar-refractivity contribution >= 4 is 29.1 Å². The first-order valence-electron chi connectivity index (χ1n) is 12.0. The van der Waals surface area contributed by atoms with E-state index in [0.717, 1.165) is 0 Å². The van der Waals surface area contributed by atoms with Crippen molar-refractivity contribution in [3.05, 3.63) is 95.1 Å². The first-order chi connectivity index (χ1) is 18.0. The molecule has 1 N–H and O–H groups in total. The van der Waals surface area contributed by atoms with E-state index in [2.05, 4.69) is 0 Å². The van der Waals surface area contributed by atoms with Crippen molar-refractivity contribution in [3.63, 3.8) is 0 Å². The number of esters is 1. The van der Waals surface area contributed by atoms with Gasteiger partial charge in [-0.1, -0.05) is 42.5 Å². The molecule has 0 aliphatic carbocycles. The Bertz CT molecular complexity index is 1380. The highest BCUT2D eigenvalue weighted by Gasteiger charge is 2.47. The molecule has 8 nitrogen and oxygen atoms in total. The van der Waals surface area contributed by atoms with E-state index in [1.165, 1.54) is 4.90 Å². The summed E-state index contributed by atoms with van der Waals surface area (Å²) < 4.78 is 16.2. The average molecular weight is 500 g/mol. The van der Waals surface area contributed by atoms with Crippen LogP contribution in [0, 0.1) is 0 Å². The van der Waals surface area contributed by atoms with Crippen LogP contribution in [0.4, 0.5) is 5.69 Å². The van der Waals surface area contributed by atoms with Gasteiger partial charge in [0.1, 0.15) is 19.0 Å². The number of anilines is 1. The van der Waals surface area contributed by atoms with Gasteiger partial charge in [0.2, 0.25) is 0 Å². The Hall–Kier alpha value is -4.59. The maximum atomic E-state index is 13.3. The van der Waals surface area contributed by atoms with E-state index in [1.54, 1.807) is 61.5 Å². The maximum Gasteiger partial charge on any atom is 0.310 e. The fourth-order valence-corrected chi connectivity index (χ4v) is 4.55. The summed E-state index contributed by atoms with van der Waals surface area (Å²) in [4.78, 5) is 39.9. The van der Waals surface area contributed by atoms with Crippen LogP contribution in [0.25, 0.3) is 5.76 Å². The summed E-state index contributed by atoms with van der Waals surface area (Å²) in [6.07, 6.45) is 0.0964. The number of benzene rings is 3. The SMILES string of the molecule is CCOC(=O)Cc1ccc(N2C(=O)C(=O)/C(=C(\O)c3ccc4c(c3)OCCO4)C2c2ccccc2)cc1. The number of ketones is 1. The van der Waals surface area contributed by atoms with Crippen molar-refractivity contribution in [2.24, 2.45) is 0 Å². The molecule has 3 aromatic rings. The minimum Gasteiger partial charge on any atom is -0.507 e. The van der Waals surface area contributed by atoms with E-state index in [4.69, 9.17) is 14.2 Å². The van der Waals surface area contributed by atoms with Crippen molar-refractivity contribution in [2.75, 3.05) is 24.7 Å². The van der Waals surface area contributed by atoms with E-state index in [-0.39, 0.29) is 23.7 Å². The summed E-state index contributed by atoms with van der Waals surface area (Å²) >= 11 is 0. The van der Waals surface area contributed by atoms with Crippen molar-refractivity contribution < 1.29 is 33.7 Å². The molecule has 3 aromatic carbocycles. The zero-order valence-corrected chi connectivity index (χ0v) is 20.2. The van der Waals surface area contributed by atoms with Gasteiger partial charge in [-0.3, -0.25) is 19.3 Å². The number of hydrogen-bond donors (Lipinski definition) is 1. The highest BCUT2D eigenvalue weighted by molar-refractivity contribution is 6.51. The fourth-order valence-electron chi connectivity index (χ4n) is 4.55. The third kappa shape index (κ3) is 4.65. The van der Waals surface area contributed by atoms with Gasteiger partial charge >= 0.3 is 5.97 Å². The summed E-state index contributed by atoms with van der Waals surface area (Å²) in [6.45, 7) is 2.84. The molecule has 8 heteroatoms. The highest BCUT2D eigenvalue weighted by atomic mass is 16.6. The van der Waals surface area contributed by atoms with E-state index in [0.29, 0.717) is 53.7 Å². The summed E-state index contributed by atoms with van der Waals surface area (Å²) in [5, 5.41) is 11.3. The number of carbonyl (C=O) groups is 3. The first kappa shape index (κ1) is 24.1. The summed E-state index contributed by atoms with van der Waals surface area (Å²) in [6, 6.07) is 19.9. The minimum atomic E-state index is -0.856. The van der Waals surface area contributed by atoms with Gasteiger partial charge in [-0.2, -0.15) is 0 Å². The smallest absolute Gasteiger partial charge is 0.310 e. The van der Waals surface area contributed by atoms with Crippen LogP contribution in [-0.4, -0.2) is 42.6 Å². The van der Waals surface area contributed by atoms with Gasteiger partial charge in [0, 0.05) is 11.3 Å². The van der Waals surface area contributed by atoms with Gasteiger partial charge in [-0.15, -0.1) is 0 Å². The topological polar surface area (TPSA) is 102 Å². The number of amides is 1. The van der Waals surface area contributed by atoms with Crippen LogP contribution >= 0.6 is 0 Å². The van der Waals surface area contributed by atoms with Gasteiger partial charge in [0.05, 0.1) is 24.6 Å². The molecule has 0 saturated carbocycles. The third-order valence-electron chi connectivity index (χ3n) is 6.24. The van der Waals surface area contributed by atoms with Crippen LogP contribution in [-0.2, 0) is 25.5 Å². The normalized spacial score (nSPS) is 18.1. The predicted octanol–water partition coefficient (Wildman–Crippen LogP) is 4.19. The largest absolute Gasteiger partial charge is 0.507 e. The number of nitrogens with zero attached hydrogens (tertiary/aromatic N) is 1. The summed E-state index contributed by atoms with van der Waals surface area (Å²) in [5.41, 5.74) is 2.16. The van der Waals surface area contributed by atoms with Gasteiger partial charge in [-0.05, 0) is 48.4 Å². The summed E-state index contributed by atoms with van der Waals surface area (Å²) in [7, 11) is 0. The number of carbonyl (C=O) groups excluding carboxylic acids is 3. The van der Waals surface area contributed by atoms with Gasteiger partial charge in [0.25, 0.3) is 11.7 Å². The summed E-state index contributed by atoms with van der Waals surface area (Å²) in [5.74, 6) is -1.20. The van der Waals surface area contributed by atoms with E-state index >= 15 is 0 Å². The lowest BCUT2D eigenvalue weighted by atomic mass is 9.95. The number of Topliss-reactive ketones (excluding diaryl/α,β-unsaturated/α-hetero) is 1. The third-order valence-corrected chi connectivity index (χ3v) is 6.24. The van der Waals surface area contributed by atoms with Crippen LogP contribution in [0.5, 0.6) is 11.5 Å². The molecule has 188 valence electrons. The lowest BCUT2D eigenvalue weighted by Crippen LogP contribution is -2.29. The van der Waals surface area contributed by atoms with Crippen molar-refractivity contribution in [3.8, 4) is 11.5 Å². The van der Waals surface area contributed by atoms with Crippen molar-refractivity contribution in [2.45, 2.75) is 19.4 Å². The van der Waals surface area contributed by atoms with Crippen LogP contribution in [0.2, 0.25) is 0 Å². The molecule has 2 heterocycles. The van der Waals surface area contributed by atoms with E-state index < -0.39 is 17.7 Å². The standard InChI is InChI=1S/C29H25NO7/c1-2-35-24(31)16-18-8-11-21(12-9-18)30-26(19-6-4-3-5-7-19)25(28(33)29(30)34)27(32)20-10-13-22-23(17-20)37-15-14-36-22/h3-13,17,26,32H,2,14-16H2,1H3/b27-25-. The van der Waals surface area contributed by atoms with Crippen LogP contribution in [0.15, 0.2) is 78.4 Å². The molecule has 0 spiro atoms. The van der Waals surface area contributed by atoms with Crippen LogP contribution in [0.3, 0.4) is 0 Å². The maximum absolute atomic E-state index is 13.3. The number of aliphatic hydroxyl groups is 1. The molecule has 5 rings (SSSR count).